The Bertz CT molecular complexity index is 1100. The Hall–Kier alpha value is -3.21. The first kappa shape index (κ1) is 14.4. The fraction of sp³-hybridized carbons (Fsp3) is 0.105. The topological polar surface area (TPSA) is 65.2 Å². The van der Waals surface area contributed by atoms with E-state index in [9.17, 15) is 4.79 Å². The lowest BCUT2D eigenvalue weighted by Crippen LogP contribution is -2.00. The van der Waals surface area contributed by atoms with Gasteiger partial charge in [0.15, 0.2) is 0 Å². The van der Waals surface area contributed by atoms with Crippen molar-refractivity contribution in [2.75, 3.05) is 0 Å². The number of nitrogens with zero attached hydrogens (tertiary/aromatic N) is 2. The summed E-state index contributed by atoms with van der Waals surface area (Å²) in [6, 6.07) is 14.6. The van der Waals surface area contributed by atoms with Gasteiger partial charge in [0.1, 0.15) is 17.7 Å². The molecule has 5 heteroatoms. The van der Waals surface area contributed by atoms with E-state index in [0.717, 1.165) is 28.3 Å². The Labute approximate surface area is 137 Å². The monoisotopic (exact) mass is 318 g/mol. The second kappa shape index (κ2) is 5.77. The Morgan fingerprint density at radius 1 is 1.04 bits per heavy atom. The van der Waals surface area contributed by atoms with Gasteiger partial charge >= 0.3 is 5.63 Å². The van der Waals surface area contributed by atoms with Gasteiger partial charge in [0.2, 0.25) is 5.88 Å². The molecule has 0 N–H and O–H groups in total. The van der Waals surface area contributed by atoms with Gasteiger partial charge in [-0.15, -0.1) is 0 Å². The van der Waals surface area contributed by atoms with E-state index < -0.39 is 0 Å². The largest absolute Gasteiger partial charge is 0.438 e. The minimum absolute atomic E-state index is 0.357. The van der Waals surface area contributed by atoms with Crippen LogP contribution >= 0.6 is 0 Å². The van der Waals surface area contributed by atoms with Crippen molar-refractivity contribution in [3.63, 3.8) is 0 Å². The number of aromatic nitrogens is 2. The van der Waals surface area contributed by atoms with E-state index in [1.807, 2.05) is 43.3 Å². The van der Waals surface area contributed by atoms with Crippen molar-refractivity contribution in [1.82, 2.24) is 9.97 Å². The van der Waals surface area contributed by atoms with Gasteiger partial charge in [-0.25, -0.2) is 14.8 Å². The molecule has 2 aromatic carbocycles. The van der Waals surface area contributed by atoms with Gasteiger partial charge in [-0.2, -0.15) is 0 Å². The number of fused-ring (bicyclic) bond motifs is 2. The predicted octanol–water partition coefficient (Wildman–Crippen LogP) is 4.09. The van der Waals surface area contributed by atoms with Crippen LogP contribution in [0.1, 0.15) is 12.5 Å². The molecule has 0 spiro atoms. The van der Waals surface area contributed by atoms with E-state index in [0.29, 0.717) is 17.2 Å². The molecule has 5 nitrogen and oxygen atoms in total. The summed E-state index contributed by atoms with van der Waals surface area (Å²) in [6.45, 7) is 2.01. The molecule has 0 saturated carbocycles. The molecule has 0 fully saturated rings. The van der Waals surface area contributed by atoms with E-state index in [4.69, 9.17) is 9.15 Å². The first-order valence-electron chi connectivity index (χ1n) is 7.69. The van der Waals surface area contributed by atoms with Crippen LogP contribution in [0.5, 0.6) is 11.6 Å². The zero-order chi connectivity index (χ0) is 16.5. The van der Waals surface area contributed by atoms with Gasteiger partial charge in [-0.3, -0.25) is 0 Å². The molecule has 0 unspecified atom stereocenters. The van der Waals surface area contributed by atoms with Crippen LogP contribution in [0.3, 0.4) is 0 Å². The highest BCUT2D eigenvalue weighted by atomic mass is 16.5. The van der Waals surface area contributed by atoms with Gasteiger partial charge in [0.25, 0.3) is 0 Å². The molecule has 2 heterocycles. The highest BCUT2D eigenvalue weighted by Crippen LogP contribution is 2.29. The number of para-hydroxylation sites is 1. The standard InChI is InChI=1S/C19H14N2O3/c1-2-12-9-18(22)24-17-10-13(7-8-14(12)17)23-19-15-5-3-4-6-16(15)20-11-21-19/h3-11H,2H2,1H3. The summed E-state index contributed by atoms with van der Waals surface area (Å²) in [4.78, 5) is 20.1. The first-order chi connectivity index (χ1) is 11.7. The van der Waals surface area contributed by atoms with Crippen LogP contribution in [-0.2, 0) is 6.42 Å². The second-order valence-electron chi connectivity index (χ2n) is 5.40. The van der Waals surface area contributed by atoms with Gasteiger partial charge in [-0.1, -0.05) is 19.1 Å². The molecule has 0 atom stereocenters. The maximum Gasteiger partial charge on any atom is 0.336 e. The fourth-order valence-corrected chi connectivity index (χ4v) is 2.74. The zero-order valence-electron chi connectivity index (χ0n) is 13.0. The van der Waals surface area contributed by atoms with Crippen LogP contribution in [0.25, 0.3) is 21.9 Å². The van der Waals surface area contributed by atoms with E-state index >= 15 is 0 Å². The van der Waals surface area contributed by atoms with Gasteiger partial charge < -0.3 is 9.15 Å². The number of rotatable bonds is 3. The van der Waals surface area contributed by atoms with Crippen molar-refractivity contribution in [2.45, 2.75) is 13.3 Å². The van der Waals surface area contributed by atoms with Crippen LogP contribution in [0.4, 0.5) is 0 Å². The van der Waals surface area contributed by atoms with Crippen molar-refractivity contribution in [3.05, 3.63) is 70.8 Å². The third kappa shape index (κ3) is 2.50. The van der Waals surface area contributed by atoms with Crippen molar-refractivity contribution >= 4 is 21.9 Å². The summed E-state index contributed by atoms with van der Waals surface area (Å²) in [5.74, 6) is 1.02. The van der Waals surface area contributed by atoms with Crippen molar-refractivity contribution in [3.8, 4) is 11.6 Å². The SMILES string of the molecule is CCc1cc(=O)oc2cc(Oc3ncnc4ccccc34)ccc12. The Morgan fingerprint density at radius 2 is 1.92 bits per heavy atom. The smallest absolute Gasteiger partial charge is 0.336 e. The van der Waals surface area contributed by atoms with Crippen molar-refractivity contribution in [2.24, 2.45) is 0 Å². The molecule has 118 valence electrons. The third-order valence-corrected chi connectivity index (χ3v) is 3.90. The van der Waals surface area contributed by atoms with Crippen LogP contribution in [0, 0.1) is 0 Å². The molecule has 0 saturated heterocycles. The molecule has 4 rings (SSSR count). The lowest BCUT2D eigenvalue weighted by Gasteiger charge is -2.08. The summed E-state index contributed by atoms with van der Waals surface area (Å²) < 4.78 is 11.2. The molecule has 0 aliphatic carbocycles. The third-order valence-electron chi connectivity index (χ3n) is 3.90. The van der Waals surface area contributed by atoms with E-state index in [-0.39, 0.29) is 5.63 Å². The van der Waals surface area contributed by atoms with Crippen LogP contribution in [0.15, 0.2) is 64.1 Å². The number of aryl methyl sites for hydroxylation is 1. The van der Waals surface area contributed by atoms with Crippen LogP contribution in [0.2, 0.25) is 0 Å². The molecule has 2 aromatic heterocycles. The summed E-state index contributed by atoms with van der Waals surface area (Å²) in [7, 11) is 0. The van der Waals surface area contributed by atoms with Crippen molar-refractivity contribution in [1.29, 1.82) is 0 Å². The summed E-state index contributed by atoms with van der Waals surface area (Å²) >= 11 is 0. The molecular formula is C19H14N2O3. The van der Waals surface area contributed by atoms with E-state index in [1.165, 1.54) is 12.4 Å². The molecule has 0 radical (unpaired) electrons. The predicted molar refractivity (Wildman–Crippen MR) is 91.5 cm³/mol. The summed E-state index contributed by atoms with van der Waals surface area (Å²) in [5.41, 5.74) is 1.92. The Kier molecular flexibility index (Phi) is 3.46. The Balaban J connectivity index is 1.81. The normalized spacial score (nSPS) is 11.0. The number of benzene rings is 2. The minimum Gasteiger partial charge on any atom is -0.438 e. The van der Waals surface area contributed by atoms with E-state index in [2.05, 4.69) is 9.97 Å². The van der Waals surface area contributed by atoms with Crippen molar-refractivity contribution < 1.29 is 9.15 Å². The maximum atomic E-state index is 11.7. The van der Waals surface area contributed by atoms with Crippen LogP contribution in [-0.4, -0.2) is 9.97 Å². The summed E-state index contributed by atoms with van der Waals surface area (Å²) in [6.07, 6.45) is 2.23. The minimum atomic E-state index is -0.357. The molecule has 4 aromatic rings. The fourth-order valence-electron chi connectivity index (χ4n) is 2.74. The second-order valence-corrected chi connectivity index (χ2v) is 5.40. The number of hydrogen-bond acceptors (Lipinski definition) is 5. The molecule has 0 amide bonds. The lowest BCUT2D eigenvalue weighted by molar-refractivity contribution is 0.466. The van der Waals surface area contributed by atoms with E-state index in [1.54, 1.807) is 6.07 Å². The molecular weight excluding hydrogens is 304 g/mol. The maximum absolute atomic E-state index is 11.7. The zero-order valence-corrected chi connectivity index (χ0v) is 13.0. The lowest BCUT2D eigenvalue weighted by atomic mass is 10.1. The number of ether oxygens (including phenoxy) is 1. The van der Waals surface area contributed by atoms with Gasteiger partial charge in [0.05, 0.1) is 10.9 Å². The first-order valence-corrected chi connectivity index (χ1v) is 7.69. The molecule has 0 bridgehead atoms. The average Bonchev–Trinajstić information content (AvgIpc) is 2.61. The van der Waals surface area contributed by atoms with Crippen LogP contribution < -0.4 is 10.4 Å². The number of hydrogen-bond donors (Lipinski definition) is 0. The quantitative estimate of drug-likeness (QED) is 0.532. The van der Waals surface area contributed by atoms with Gasteiger partial charge in [0, 0.05) is 17.5 Å². The average molecular weight is 318 g/mol. The van der Waals surface area contributed by atoms with Gasteiger partial charge in [-0.05, 0) is 36.2 Å². The Morgan fingerprint density at radius 3 is 2.79 bits per heavy atom. The molecule has 24 heavy (non-hydrogen) atoms. The highest BCUT2D eigenvalue weighted by molar-refractivity contribution is 5.84. The molecule has 0 aliphatic rings. The molecule has 0 aliphatic heterocycles. The highest BCUT2D eigenvalue weighted by Gasteiger charge is 2.09. The summed E-state index contributed by atoms with van der Waals surface area (Å²) in [5, 5.41) is 1.74.